The van der Waals surface area contributed by atoms with E-state index in [-0.39, 0.29) is 41.4 Å². The highest BCUT2D eigenvalue weighted by atomic mass is 16.6. The topological polar surface area (TPSA) is 166 Å². The maximum atomic E-state index is 13.5. The van der Waals surface area contributed by atoms with Crippen molar-refractivity contribution in [2.45, 2.75) is 65.0 Å². The summed E-state index contributed by atoms with van der Waals surface area (Å²) in [5.74, 6) is -2.14. The number of nitrogens with one attached hydrogen (secondary N) is 2. The van der Waals surface area contributed by atoms with Crippen LogP contribution in [0.1, 0.15) is 40.5 Å². The van der Waals surface area contributed by atoms with E-state index < -0.39 is 53.9 Å². The molecule has 230 valence electrons. The number of aliphatic hydroxyl groups is 1. The number of carbonyl (C=O) groups excluding carboxylic acids is 4. The molecule has 11 heteroatoms. The lowest BCUT2D eigenvalue weighted by Gasteiger charge is -2.30. The lowest BCUT2D eigenvalue weighted by Crippen LogP contribution is -2.37. The van der Waals surface area contributed by atoms with Gasteiger partial charge >= 0.3 is 6.09 Å². The minimum absolute atomic E-state index is 0.132. The van der Waals surface area contributed by atoms with Crippen LogP contribution >= 0.6 is 0 Å². The first kappa shape index (κ1) is 34.4. The molecular formula is C31H43N3O8. The van der Waals surface area contributed by atoms with E-state index in [1.54, 1.807) is 45.1 Å². The van der Waals surface area contributed by atoms with Gasteiger partial charge in [0.05, 0.1) is 23.6 Å². The second-order valence-electron chi connectivity index (χ2n) is 10.6. The van der Waals surface area contributed by atoms with Gasteiger partial charge in [0.15, 0.2) is 6.10 Å². The fraction of sp³-hybridized carbons (Fsp3) is 0.484. The Morgan fingerprint density at radius 3 is 2.50 bits per heavy atom. The molecule has 6 atom stereocenters. The Balaban J connectivity index is 2.62. The molecule has 11 nitrogen and oxygen atoms in total. The summed E-state index contributed by atoms with van der Waals surface area (Å²) in [6, 6.07) is 0. The molecule has 0 aromatic rings. The van der Waals surface area contributed by atoms with E-state index in [1.807, 2.05) is 6.92 Å². The summed E-state index contributed by atoms with van der Waals surface area (Å²) in [7, 11) is 2.92. The minimum atomic E-state index is -1.00. The number of methoxy groups -OCH3 is 2. The molecule has 1 heterocycles. The van der Waals surface area contributed by atoms with Gasteiger partial charge in [-0.1, -0.05) is 44.2 Å². The van der Waals surface area contributed by atoms with E-state index in [9.17, 15) is 24.3 Å². The molecule has 5 N–H and O–H groups in total. The van der Waals surface area contributed by atoms with Crippen LogP contribution in [-0.4, -0.2) is 73.9 Å². The Morgan fingerprint density at radius 1 is 1.21 bits per heavy atom. The standard InChI is InChI=1S/C31H43N3O8/c1-8-12-33-26-21-13-17(2)14-25(41-7)27(36)19(4)15-20(5)29(42-31(32)39)24(40-6)11-9-10-18(3)30(38)34-22(28(21)37)16-23(26)35/h8-11,15-17,19,24-25,27,29,33,36H,1,12-14H2,2-7H3,(H2,32,39)(H,34,38)/b11-9?,18-10+,20-15+/t17-,19+,24+,25+,27-,29+/m1/s1. The van der Waals surface area contributed by atoms with Crippen molar-refractivity contribution in [3.63, 3.8) is 0 Å². The zero-order valence-corrected chi connectivity index (χ0v) is 25.1. The average molecular weight is 586 g/mol. The third kappa shape index (κ3) is 9.10. The van der Waals surface area contributed by atoms with Gasteiger partial charge in [-0.25, -0.2) is 4.79 Å². The van der Waals surface area contributed by atoms with Crippen LogP contribution in [0, 0.1) is 11.8 Å². The fourth-order valence-corrected chi connectivity index (χ4v) is 4.95. The number of ketones is 2. The number of ether oxygens (including phenoxy) is 3. The maximum Gasteiger partial charge on any atom is 0.405 e. The largest absolute Gasteiger partial charge is 0.439 e. The SMILES string of the molecule is C=CCNC1=C2C[C@@H](C)C[C@H](OC)[C@H](O)[C@@H](C)/C=C(\C)[C@H](OC(N)=O)[C@@H](OC)C=C/C=C(\C)C(=O)NC(=CC1=O)C2=O. The Morgan fingerprint density at radius 2 is 1.90 bits per heavy atom. The van der Waals surface area contributed by atoms with Crippen LogP contribution in [0.2, 0.25) is 0 Å². The Hall–Kier alpha value is -3.80. The average Bonchev–Trinajstić information content (AvgIpc) is 2.94. The maximum absolute atomic E-state index is 13.5. The normalized spacial score (nSPS) is 30.8. The van der Waals surface area contributed by atoms with Crippen LogP contribution in [0.5, 0.6) is 0 Å². The monoisotopic (exact) mass is 585 g/mol. The van der Waals surface area contributed by atoms with Crippen LogP contribution in [0.25, 0.3) is 0 Å². The molecule has 0 saturated heterocycles. The zero-order valence-electron chi connectivity index (χ0n) is 25.1. The molecule has 0 aromatic carbocycles. The number of aliphatic hydroxyl groups excluding tert-OH is 1. The van der Waals surface area contributed by atoms with Crippen molar-refractivity contribution in [2.24, 2.45) is 17.6 Å². The van der Waals surface area contributed by atoms with Crippen molar-refractivity contribution < 1.29 is 38.5 Å². The summed E-state index contributed by atoms with van der Waals surface area (Å²) in [6.07, 6.45) is 5.34. The van der Waals surface area contributed by atoms with Gasteiger partial charge in [0, 0.05) is 43.9 Å². The highest BCUT2D eigenvalue weighted by molar-refractivity contribution is 6.23. The number of primary amides is 1. The molecule has 1 aliphatic carbocycles. The van der Waals surface area contributed by atoms with Crippen LogP contribution in [0.15, 0.2) is 71.1 Å². The molecule has 0 aromatic heterocycles. The number of carbonyl (C=O) groups is 4. The molecule has 2 amide bonds. The van der Waals surface area contributed by atoms with Crippen molar-refractivity contribution in [1.29, 1.82) is 0 Å². The van der Waals surface area contributed by atoms with Crippen LogP contribution in [0.3, 0.4) is 0 Å². The van der Waals surface area contributed by atoms with Crippen molar-refractivity contribution >= 4 is 23.6 Å². The van der Waals surface area contributed by atoms with E-state index in [0.717, 1.165) is 6.08 Å². The number of rotatable bonds is 6. The first-order chi connectivity index (χ1) is 19.8. The highest BCUT2D eigenvalue weighted by Gasteiger charge is 2.33. The Labute approximate surface area is 247 Å². The number of allylic oxidation sites excluding steroid dienone is 4. The van der Waals surface area contributed by atoms with E-state index in [4.69, 9.17) is 19.9 Å². The Kier molecular flexibility index (Phi) is 13.1. The van der Waals surface area contributed by atoms with Gasteiger partial charge < -0.3 is 35.7 Å². The van der Waals surface area contributed by atoms with Crippen molar-refractivity contribution in [3.05, 3.63) is 71.1 Å². The van der Waals surface area contributed by atoms with Crippen molar-refractivity contribution in [2.75, 3.05) is 20.8 Å². The molecule has 0 saturated carbocycles. The lowest BCUT2D eigenvalue weighted by atomic mass is 9.85. The van der Waals surface area contributed by atoms with Gasteiger partial charge in [0.2, 0.25) is 11.6 Å². The van der Waals surface area contributed by atoms with Crippen LogP contribution < -0.4 is 16.4 Å². The third-order valence-corrected chi connectivity index (χ3v) is 7.22. The molecule has 2 bridgehead atoms. The van der Waals surface area contributed by atoms with Gasteiger partial charge in [-0.3, -0.25) is 14.4 Å². The summed E-state index contributed by atoms with van der Waals surface area (Å²) in [4.78, 5) is 51.3. The molecule has 0 fully saturated rings. The molecule has 42 heavy (non-hydrogen) atoms. The summed E-state index contributed by atoms with van der Waals surface area (Å²) in [5, 5.41) is 16.7. The number of amides is 2. The molecule has 1 aliphatic heterocycles. The van der Waals surface area contributed by atoms with E-state index in [1.165, 1.54) is 20.3 Å². The quantitative estimate of drug-likeness (QED) is 0.271. The van der Waals surface area contributed by atoms with Crippen LogP contribution in [-0.2, 0) is 28.6 Å². The number of nitrogens with two attached hydrogens (primary N) is 1. The molecule has 0 radical (unpaired) electrons. The Bertz CT molecular complexity index is 1210. The van der Waals surface area contributed by atoms with E-state index in [2.05, 4.69) is 17.2 Å². The van der Waals surface area contributed by atoms with Gasteiger partial charge in [-0.2, -0.15) is 0 Å². The summed E-state index contributed by atoms with van der Waals surface area (Å²) in [6.45, 7) is 10.9. The van der Waals surface area contributed by atoms with E-state index in [0.29, 0.717) is 12.0 Å². The minimum Gasteiger partial charge on any atom is -0.439 e. The van der Waals surface area contributed by atoms with Crippen molar-refractivity contribution in [3.8, 4) is 0 Å². The number of Topliss-reactive ketones (excluding diaryl/α,β-unsaturated/α-hetero) is 1. The van der Waals surface area contributed by atoms with Gasteiger partial charge in [-0.05, 0) is 38.2 Å². The fourth-order valence-electron chi connectivity index (χ4n) is 4.95. The molecule has 0 unspecified atom stereocenters. The van der Waals surface area contributed by atoms with Crippen molar-refractivity contribution in [1.82, 2.24) is 10.6 Å². The predicted octanol–water partition coefficient (Wildman–Crippen LogP) is 2.54. The summed E-state index contributed by atoms with van der Waals surface area (Å²) in [5.41, 5.74) is 6.42. The summed E-state index contributed by atoms with van der Waals surface area (Å²) >= 11 is 0. The number of hydrogen-bond donors (Lipinski definition) is 4. The molecular weight excluding hydrogens is 542 g/mol. The lowest BCUT2D eigenvalue weighted by molar-refractivity contribution is -0.120. The van der Waals surface area contributed by atoms with Gasteiger partial charge in [0.25, 0.3) is 5.91 Å². The number of fused-ring (bicyclic) bond motifs is 2. The molecule has 2 aliphatic rings. The zero-order chi connectivity index (χ0) is 31.6. The third-order valence-electron chi connectivity index (χ3n) is 7.22. The molecule has 0 spiro atoms. The first-order valence-electron chi connectivity index (χ1n) is 13.8. The predicted molar refractivity (Wildman–Crippen MR) is 158 cm³/mol. The van der Waals surface area contributed by atoms with E-state index >= 15 is 0 Å². The second kappa shape index (κ2) is 16.0. The highest BCUT2D eigenvalue weighted by Crippen LogP contribution is 2.28. The van der Waals surface area contributed by atoms with Gasteiger partial charge in [-0.15, -0.1) is 6.58 Å². The smallest absolute Gasteiger partial charge is 0.405 e. The number of hydrogen-bond acceptors (Lipinski definition) is 9. The summed E-state index contributed by atoms with van der Waals surface area (Å²) < 4.78 is 16.6. The van der Waals surface area contributed by atoms with Gasteiger partial charge in [0.1, 0.15) is 6.10 Å². The first-order valence-corrected chi connectivity index (χ1v) is 13.8. The van der Waals surface area contributed by atoms with Crippen LogP contribution in [0.4, 0.5) is 4.79 Å². The molecule has 2 rings (SSSR count). The second-order valence-corrected chi connectivity index (χ2v) is 10.6.